The molecule has 0 amide bonds. The number of rotatable bonds is 5. The average molecular weight is 280 g/mol. The van der Waals surface area contributed by atoms with E-state index in [1.165, 1.54) is 12.8 Å². The highest BCUT2D eigenvalue weighted by Gasteiger charge is 2.21. The van der Waals surface area contributed by atoms with Crippen molar-refractivity contribution in [1.29, 1.82) is 0 Å². The van der Waals surface area contributed by atoms with Crippen molar-refractivity contribution in [3.63, 3.8) is 0 Å². The van der Waals surface area contributed by atoms with Gasteiger partial charge in [-0.25, -0.2) is 4.79 Å². The van der Waals surface area contributed by atoms with Crippen LogP contribution in [-0.2, 0) is 6.54 Å². The summed E-state index contributed by atoms with van der Waals surface area (Å²) in [6.45, 7) is 5.68. The van der Waals surface area contributed by atoms with Gasteiger partial charge in [0.1, 0.15) is 17.1 Å². The third-order valence-electron chi connectivity index (χ3n) is 3.91. The maximum absolute atomic E-state index is 11.0. The number of aryl methyl sites for hydroxylation is 1. The topological polar surface area (TPSA) is 56.9 Å². The number of carboxylic acids is 1. The molecule has 0 aromatic carbocycles. The van der Waals surface area contributed by atoms with Crippen LogP contribution in [0.4, 0.5) is 0 Å². The van der Waals surface area contributed by atoms with Gasteiger partial charge in [-0.2, -0.15) is 0 Å². The van der Waals surface area contributed by atoms with E-state index in [-0.39, 0.29) is 5.56 Å². The van der Waals surface area contributed by atoms with Crippen molar-refractivity contribution >= 4 is 5.97 Å². The number of piperidine rings is 1. The SMILES string of the molecule is Cc1oc(CN2CCC(CN(C)C)CC2)cc1C(=O)O. The molecule has 1 fully saturated rings. The predicted octanol–water partition coefficient (Wildman–Crippen LogP) is 2.06. The summed E-state index contributed by atoms with van der Waals surface area (Å²) in [5.41, 5.74) is 0.280. The lowest BCUT2D eigenvalue weighted by atomic mass is 9.96. The standard InChI is InChI=1S/C15H24N2O3/c1-11-14(15(18)19)8-13(20-11)10-17-6-4-12(5-7-17)9-16(2)3/h8,12H,4-7,9-10H2,1-3H3,(H,18,19). The summed E-state index contributed by atoms with van der Waals surface area (Å²) in [4.78, 5) is 15.6. The van der Waals surface area contributed by atoms with E-state index in [4.69, 9.17) is 9.52 Å². The minimum absolute atomic E-state index is 0.280. The molecule has 0 radical (unpaired) electrons. The molecule has 5 heteroatoms. The molecule has 1 saturated heterocycles. The largest absolute Gasteiger partial charge is 0.478 e. The Kier molecular flexibility index (Phi) is 4.83. The zero-order valence-corrected chi connectivity index (χ0v) is 12.6. The first-order valence-corrected chi connectivity index (χ1v) is 7.15. The molecular formula is C15H24N2O3. The summed E-state index contributed by atoms with van der Waals surface area (Å²) in [6.07, 6.45) is 2.40. The molecule has 2 rings (SSSR count). The first-order chi connectivity index (χ1) is 9.45. The molecule has 20 heavy (non-hydrogen) atoms. The van der Waals surface area contributed by atoms with Gasteiger partial charge in [-0.05, 0) is 58.9 Å². The number of likely N-dealkylation sites (tertiary alicyclic amines) is 1. The summed E-state index contributed by atoms with van der Waals surface area (Å²) >= 11 is 0. The summed E-state index contributed by atoms with van der Waals surface area (Å²) in [6, 6.07) is 1.66. The van der Waals surface area contributed by atoms with E-state index < -0.39 is 5.97 Å². The van der Waals surface area contributed by atoms with Crippen LogP contribution >= 0.6 is 0 Å². The van der Waals surface area contributed by atoms with Crippen LogP contribution in [0.2, 0.25) is 0 Å². The third-order valence-corrected chi connectivity index (χ3v) is 3.91. The van der Waals surface area contributed by atoms with Crippen LogP contribution in [0.3, 0.4) is 0 Å². The van der Waals surface area contributed by atoms with Crippen molar-refractivity contribution < 1.29 is 14.3 Å². The molecule has 0 spiro atoms. The Morgan fingerprint density at radius 2 is 2.10 bits per heavy atom. The average Bonchev–Trinajstić information content (AvgIpc) is 2.72. The summed E-state index contributed by atoms with van der Waals surface area (Å²) < 4.78 is 5.54. The number of furan rings is 1. The van der Waals surface area contributed by atoms with Crippen LogP contribution < -0.4 is 0 Å². The number of carboxylic acid groups (broad SMARTS) is 1. The predicted molar refractivity (Wildman–Crippen MR) is 77.0 cm³/mol. The lowest BCUT2D eigenvalue weighted by Gasteiger charge is -2.32. The lowest BCUT2D eigenvalue weighted by Crippen LogP contribution is -2.36. The van der Waals surface area contributed by atoms with Crippen molar-refractivity contribution in [2.24, 2.45) is 5.92 Å². The second kappa shape index (κ2) is 6.41. The molecule has 5 nitrogen and oxygen atoms in total. The number of hydrogen-bond acceptors (Lipinski definition) is 4. The number of carbonyl (C=O) groups is 1. The van der Waals surface area contributed by atoms with Gasteiger partial charge in [0.05, 0.1) is 6.54 Å². The van der Waals surface area contributed by atoms with Crippen molar-refractivity contribution in [2.75, 3.05) is 33.7 Å². The van der Waals surface area contributed by atoms with Crippen molar-refractivity contribution in [1.82, 2.24) is 9.80 Å². The summed E-state index contributed by atoms with van der Waals surface area (Å²) in [7, 11) is 4.23. The number of hydrogen-bond donors (Lipinski definition) is 1. The second-order valence-corrected chi connectivity index (χ2v) is 5.97. The molecule has 1 aromatic rings. The fourth-order valence-corrected chi connectivity index (χ4v) is 2.90. The van der Waals surface area contributed by atoms with Crippen molar-refractivity contribution in [3.8, 4) is 0 Å². The molecule has 0 atom stereocenters. The summed E-state index contributed by atoms with van der Waals surface area (Å²) in [5.74, 6) is 1.11. The Morgan fingerprint density at radius 3 is 2.60 bits per heavy atom. The van der Waals surface area contributed by atoms with E-state index in [1.807, 2.05) is 0 Å². The molecule has 0 saturated carbocycles. The van der Waals surface area contributed by atoms with Gasteiger partial charge in [-0.3, -0.25) is 4.90 Å². The van der Waals surface area contributed by atoms with E-state index >= 15 is 0 Å². The first kappa shape index (κ1) is 15.1. The highest BCUT2D eigenvalue weighted by Crippen LogP contribution is 2.21. The fourth-order valence-electron chi connectivity index (χ4n) is 2.90. The Bertz CT molecular complexity index is 460. The molecule has 0 aliphatic carbocycles. The zero-order valence-electron chi connectivity index (χ0n) is 12.6. The molecule has 1 aliphatic heterocycles. The van der Waals surface area contributed by atoms with Gasteiger partial charge in [0.25, 0.3) is 0 Å². The molecule has 1 aliphatic rings. The normalized spacial score (nSPS) is 17.8. The van der Waals surface area contributed by atoms with Gasteiger partial charge in [0.15, 0.2) is 0 Å². The lowest BCUT2D eigenvalue weighted by molar-refractivity contribution is 0.0695. The fraction of sp³-hybridized carbons (Fsp3) is 0.667. The van der Waals surface area contributed by atoms with Gasteiger partial charge >= 0.3 is 5.97 Å². The van der Waals surface area contributed by atoms with Crippen molar-refractivity contribution in [2.45, 2.75) is 26.3 Å². The maximum atomic E-state index is 11.0. The van der Waals surface area contributed by atoms with Crippen LogP contribution in [0.15, 0.2) is 10.5 Å². The van der Waals surface area contributed by atoms with E-state index in [2.05, 4.69) is 23.9 Å². The van der Waals surface area contributed by atoms with Crippen LogP contribution in [-0.4, -0.2) is 54.6 Å². The Balaban J connectivity index is 1.86. The number of nitrogens with zero attached hydrogens (tertiary/aromatic N) is 2. The van der Waals surface area contributed by atoms with E-state index in [1.54, 1.807) is 13.0 Å². The van der Waals surface area contributed by atoms with Gasteiger partial charge in [-0.1, -0.05) is 0 Å². The molecule has 1 N–H and O–H groups in total. The maximum Gasteiger partial charge on any atom is 0.339 e. The van der Waals surface area contributed by atoms with Gasteiger partial charge in [0, 0.05) is 6.54 Å². The molecule has 112 valence electrons. The highest BCUT2D eigenvalue weighted by atomic mass is 16.4. The Hall–Kier alpha value is -1.33. The van der Waals surface area contributed by atoms with Crippen LogP contribution in [0, 0.1) is 12.8 Å². The minimum atomic E-state index is -0.915. The van der Waals surface area contributed by atoms with E-state index in [0.29, 0.717) is 12.3 Å². The zero-order chi connectivity index (χ0) is 14.7. The molecule has 0 bridgehead atoms. The minimum Gasteiger partial charge on any atom is -0.478 e. The molecule has 0 unspecified atom stereocenters. The van der Waals surface area contributed by atoms with Gasteiger partial charge < -0.3 is 14.4 Å². The smallest absolute Gasteiger partial charge is 0.339 e. The quantitative estimate of drug-likeness (QED) is 0.894. The Labute approximate surface area is 120 Å². The number of aromatic carboxylic acids is 1. The second-order valence-electron chi connectivity index (χ2n) is 5.97. The van der Waals surface area contributed by atoms with E-state index in [0.717, 1.165) is 31.3 Å². The molecular weight excluding hydrogens is 256 g/mol. The van der Waals surface area contributed by atoms with E-state index in [9.17, 15) is 4.79 Å². The highest BCUT2D eigenvalue weighted by molar-refractivity contribution is 5.88. The molecule has 2 heterocycles. The third kappa shape index (κ3) is 3.84. The van der Waals surface area contributed by atoms with Crippen LogP contribution in [0.25, 0.3) is 0 Å². The molecule has 1 aromatic heterocycles. The Morgan fingerprint density at radius 1 is 1.45 bits per heavy atom. The monoisotopic (exact) mass is 280 g/mol. The van der Waals surface area contributed by atoms with Gasteiger partial charge in [0.2, 0.25) is 0 Å². The first-order valence-electron chi connectivity index (χ1n) is 7.15. The van der Waals surface area contributed by atoms with Gasteiger partial charge in [-0.15, -0.1) is 0 Å². The van der Waals surface area contributed by atoms with Crippen molar-refractivity contribution in [3.05, 3.63) is 23.2 Å². The summed E-state index contributed by atoms with van der Waals surface area (Å²) in [5, 5.41) is 9.03. The van der Waals surface area contributed by atoms with Crippen LogP contribution in [0.1, 0.15) is 34.7 Å². The van der Waals surface area contributed by atoms with Crippen LogP contribution in [0.5, 0.6) is 0 Å².